The zero-order valence-electron chi connectivity index (χ0n) is 6.76. The van der Waals surface area contributed by atoms with Crippen LogP contribution in [0.15, 0.2) is 0 Å². The molecular weight excluding hydrogens is 146 g/mol. The van der Waals surface area contributed by atoms with Gasteiger partial charge in [-0.2, -0.15) is 0 Å². The van der Waals surface area contributed by atoms with Gasteiger partial charge in [0.15, 0.2) is 0 Å². The Balaban J connectivity index is 3.89. The number of likely N-dealkylation sites (N-methyl/N-ethyl adjacent to an activating group) is 1. The molecule has 4 nitrogen and oxygen atoms in total. The van der Waals surface area contributed by atoms with Crippen LogP contribution >= 0.6 is 0 Å². The highest BCUT2D eigenvalue weighted by Crippen LogP contribution is 1.92. The van der Waals surface area contributed by atoms with Gasteiger partial charge in [-0.3, -0.25) is 9.59 Å². The van der Waals surface area contributed by atoms with Crippen molar-refractivity contribution in [1.29, 1.82) is 0 Å². The van der Waals surface area contributed by atoms with E-state index in [2.05, 4.69) is 5.32 Å². The maximum atomic E-state index is 10.7. The molecule has 0 bridgehead atoms. The summed E-state index contributed by atoms with van der Waals surface area (Å²) in [7, 11) is 0. The van der Waals surface area contributed by atoms with E-state index in [1.807, 2.05) is 6.92 Å². The van der Waals surface area contributed by atoms with E-state index in [1.54, 1.807) is 0 Å². The van der Waals surface area contributed by atoms with Crippen molar-refractivity contribution in [3.63, 3.8) is 0 Å². The highest BCUT2D eigenvalue weighted by atomic mass is 16.4. The molecule has 0 aliphatic carbocycles. The SMILES string of the molecule is CCN[C@H](CC(=O)O)C(C)=O. The van der Waals surface area contributed by atoms with Crippen LogP contribution in [0.25, 0.3) is 0 Å². The molecule has 0 heterocycles. The van der Waals surface area contributed by atoms with Gasteiger partial charge in [-0.1, -0.05) is 6.92 Å². The molecule has 0 aliphatic heterocycles. The lowest BCUT2D eigenvalue weighted by Gasteiger charge is -2.10. The summed E-state index contributed by atoms with van der Waals surface area (Å²) in [6, 6.07) is -0.530. The molecule has 0 aliphatic rings. The van der Waals surface area contributed by atoms with Crippen molar-refractivity contribution in [3.05, 3.63) is 0 Å². The molecular formula is C7H13NO3. The Morgan fingerprint density at radius 2 is 2.09 bits per heavy atom. The highest BCUT2D eigenvalue weighted by molar-refractivity contribution is 5.85. The first-order chi connectivity index (χ1) is 5.07. The first-order valence-corrected chi connectivity index (χ1v) is 3.53. The van der Waals surface area contributed by atoms with E-state index in [9.17, 15) is 9.59 Å². The minimum absolute atomic E-state index is 0.130. The molecule has 0 unspecified atom stereocenters. The summed E-state index contributed by atoms with van der Waals surface area (Å²) in [6.45, 7) is 3.82. The predicted molar refractivity (Wildman–Crippen MR) is 40.4 cm³/mol. The summed E-state index contributed by atoms with van der Waals surface area (Å²) < 4.78 is 0. The Morgan fingerprint density at radius 3 is 2.36 bits per heavy atom. The van der Waals surface area contributed by atoms with Crippen LogP contribution in [0.3, 0.4) is 0 Å². The van der Waals surface area contributed by atoms with Crippen LogP contribution in [0.1, 0.15) is 20.3 Å². The van der Waals surface area contributed by atoms with Crippen LogP contribution in [-0.2, 0) is 9.59 Å². The van der Waals surface area contributed by atoms with E-state index in [0.29, 0.717) is 6.54 Å². The second-order valence-electron chi connectivity index (χ2n) is 2.32. The van der Waals surface area contributed by atoms with Gasteiger partial charge < -0.3 is 10.4 Å². The molecule has 11 heavy (non-hydrogen) atoms. The Labute approximate surface area is 65.6 Å². The number of carboxylic acid groups (broad SMARTS) is 1. The first-order valence-electron chi connectivity index (χ1n) is 3.53. The second kappa shape index (κ2) is 4.85. The number of carbonyl (C=O) groups excluding carboxylic acids is 1. The molecule has 0 saturated carbocycles. The number of Topliss-reactive ketones (excluding diaryl/α,β-unsaturated/α-hetero) is 1. The van der Waals surface area contributed by atoms with Crippen LogP contribution in [0, 0.1) is 0 Å². The molecule has 0 aromatic rings. The van der Waals surface area contributed by atoms with Crippen molar-refractivity contribution in [2.45, 2.75) is 26.3 Å². The van der Waals surface area contributed by atoms with Gasteiger partial charge in [-0.25, -0.2) is 0 Å². The molecule has 0 spiro atoms. The normalized spacial score (nSPS) is 12.5. The molecule has 64 valence electrons. The third-order valence-corrected chi connectivity index (χ3v) is 1.32. The van der Waals surface area contributed by atoms with Crippen LogP contribution in [-0.4, -0.2) is 29.4 Å². The van der Waals surface area contributed by atoms with Crippen molar-refractivity contribution in [2.24, 2.45) is 0 Å². The molecule has 4 heteroatoms. The predicted octanol–water partition coefficient (Wildman–Crippen LogP) is 0.0282. The molecule has 0 radical (unpaired) electrons. The number of nitrogens with one attached hydrogen (secondary N) is 1. The fraction of sp³-hybridized carbons (Fsp3) is 0.714. The van der Waals surface area contributed by atoms with Crippen LogP contribution in [0.2, 0.25) is 0 Å². The van der Waals surface area contributed by atoms with Crippen LogP contribution in [0.4, 0.5) is 0 Å². The van der Waals surface area contributed by atoms with Crippen LogP contribution in [0.5, 0.6) is 0 Å². The first kappa shape index (κ1) is 10.1. The van der Waals surface area contributed by atoms with Gasteiger partial charge in [0.2, 0.25) is 0 Å². The highest BCUT2D eigenvalue weighted by Gasteiger charge is 2.15. The lowest BCUT2D eigenvalue weighted by Crippen LogP contribution is -2.36. The minimum atomic E-state index is -0.953. The minimum Gasteiger partial charge on any atom is -0.481 e. The summed E-state index contributed by atoms with van der Waals surface area (Å²) in [5, 5.41) is 11.2. The lowest BCUT2D eigenvalue weighted by molar-refractivity contribution is -0.139. The number of carboxylic acids is 1. The van der Waals surface area contributed by atoms with Gasteiger partial charge in [-0.15, -0.1) is 0 Å². The van der Waals surface area contributed by atoms with Gasteiger partial charge in [0.25, 0.3) is 0 Å². The van der Waals surface area contributed by atoms with E-state index in [1.165, 1.54) is 6.92 Å². The van der Waals surface area contributed by atoms with Crippen LogP contribution < -0.4 is 5.32 Å². The zero-order valence-corrected chi connectivity index (χ0v) is 6.76. The molecule has 2 N–H and O–H groups in total. The molecule has 0 saturated heterocycles. The number of rotatable bonds is 5. The van der Waals surface area contributed by atoms with E-state index in [4.69, 9.17) is 5.11 Å². The second-order valence-corrected chi connectivity index (χ2v) is 2.32. The molecule has 0 fully saturated rings. The smallest absolute Gasteiger partial charge is 0.305 e. The zero-order chi connectivity index (χ0) is 8.85. The summed E-state index contributed by atoms with van der Waals surface area (Å²) >= 11 is 0. The average molecular weight is 159 g/mol. The van der Waals surface area contributed by atoms with Gasteiger partial charge in [0, 0.05) is 0 Å². The maximum Gasteiger partial charge on any atom is 0.305 e. The number of ketones is 1. The van der Waals surface area contributed by atoms with Gasteiger partial charge in [-0.05, 0) is 13.5 Å². The third-order valence-electron chi connectivity index (χ3n) is 1.32. The fourth-order valence-electron chi connectivity index (χ4n) is 0.781. The molecule has 0 aromatic heterocycles. The summed E-state index contributed by atoms with van der Waals surface area (Å²) in [5.74, 6) is -1.08. The topological polar surface area (TPSA) is 66.4 Å². The molecule has 0 rings (SSSR count). The number of hydrogen-bond donors (Lipinski definition) is 2. The monoisotopic (exact) mass is 159 g/mol. The number of aliphatic carboxylic acids is 1. The summed E-state index contributed by atoms with van der Waals surface area (Å²) in [4.78, 5) is 20.9. The molecule has 1 atom stereocenters. The Kier molecular flexibility index (Phi) is 4.45. The van der Waals surface area contributed by atoms with Crippen molar-refractivity contribution < 1.29 is 14.7 Å². The van der Waals surface area contributed by atoms with Crippen molar-refractivity contribution in [2.75, 3.05) is 6.54 Å². The van der Waals surface area contributed by atoms with Gasteiger partial charge in [0.05, 0.1) is 12.5 Å². The largest absolute Gasteiger partial charge is 0.481 e. The number of hydrogen-bond acceptors (Lipinski definition) is 3. The van der Waals surface area contributed by atoms with E-state index < -0.39 is 12.0 Å². The number of carbonyl (C=O) groups is 2. The summed E-state index contributed by atoms with van der Waals surface area (Å²) in [6.07, 6.45) is -0.136. The third kappa shape index (κ3) is 4.50. The molecule has 0 amide bonds. The fourth-order valence-corrected chi connectivity index (χ4v) is 0.781. The Bertz CT molecular complexity index is 156. The maximum absolute atomic E-state index is 10.7. The quantitative estimate of drug-likeness (QED) is 0.594. The van der Waals surface area contributed by atoms with Gasteiger partial charge in [0.1, 0.15) is 5.78 Å². The average Bonchev–Trinajstić information content (AvgIpc) is 1.86. The Hall–Kier alpha value is -0.900. The van der Waals surface area contributed by atoms with Crippen molar-refractivity contribution in [3.8, 4) is 0 Å². The van der Waals surface area contributed by atoms with E-state index >= 15 is 0 Å². The van der Waals surface area contributed by atoms with Crippen molar-refractivity contribution >= 4 is 11.8 Å². The Morgan fingerprint density at radius 1 is 1.55 bits per heavy atom. The van der Waals surface area contributed by atoms with Crippen molar-refractivity contribution in [1.82, 2.24) is 5.32 Å². The lowest BCUT2D eigenvalue weighted by atomic mass is 10.1. The standard InChI is InChI=1S/C7H13NO3/c1-3-8-6(5(2)9)4-7(10)11/h6,8H,3-4H2,1-2H3,(H,10,11)/t6-/m1/s1. The molecule has 0 aromatic carbocycles. The summed E-state index contributed by atoms with van der Waals surface area (Å²) in [5.41, 5.74) is 0. The van der Waals surface area contributed by atoms with Gasteiger partial charge >= 0.3 is 5.97 Å². The van der Waals surface area contributed by atoms with E-state index in [-0.39, 0.29) is 12.2 Å². The van der Waals surface area contributed by atoms with E-state index in [0.717, 1.165) is 0 Å².